The Labute approximate surface area is 288 Å². The zero-order valence-corrected chi connectivity index (χ0v) is 30.2. The third-order valence-corrected chi connectivity index (χ3v) is 15.0. The zero-order valence-electron chi connectivity index (χ0n) is 27.7. The Balaban J connectivity index is 1.76. The zero-order chi connectivity index (χ0) is 34.3. The molecule has 1 heterocycles. The Morgan fingerprint density at radius 2 is 1.55 bits per heavy atom. The van der Waals surface area contributed by atoms with Crippen LogP contribution in [0.4, 0.5) is 8.78 Å². The van der Waals surface area contributed by atoms with Crippen molar-refractivity contribution in [3.8, 4) is 0 Å². The van der Waals surface area contributed by atoms with E-state index in [0.717, 1.165) is 62.7 Å². The number of carbonyl (C=O) groups is 2. The molecule has 2 aromatic rings. The van der Waals surface area contributed by atoms with Gasteiger partial charge in [0.25, 0.3) is 5.91 Å². The standard InChI is InChI=1S/C35H46Cl2F2N4O3Si/c1-5-47(6-2,7-3)46-32(33-30(36)18-41-19-31(33)37)21-43(20-23-14-26(38)16-27(39)15-23)35(45)29(17-40)34(25-8-9-25)42-28-12-10-24(11-13-28)22(4)44/h14-19,24-25,28,32H,5-13,20-21,40H2,1-4H3. The van der Waals surface area contributed by atoms with E-state index in [9.17, 15) is 18.4 Å². The van der Waals surface area contributed by atoms with Crippen molar-refractivity contribution in [1.82, 2.24) is 9.88 Å². The van der Waals surface area contributed by atoms with Gasteiger partial charge in [0, 0.05) is 48.6 Å². The molecule has 0 bridgehead atoms. The highest BCUT2D eigenvalue weighted by atomic mass is 35.5. The van der Waals surface area contributed by atoms with Gasteiger partial charge >= 0.3 is 0 Å². The summed E-state index contributed by atoms with van der Waals surface area (Å²) in [5.74, 6) is -1.58. The van der Waals surface area contributed by atoms with Crippen LogP contribution < -0.4 is 5.73 Å². The monoisotopic (exact) mass is 706 g/mol. The molecular formula is C35H46Cl2F2N4O3Si. The van der Waals surface area contributed by atoms with Crippen molar-refractivity contribution in [2.24, 2.45) is 22.6 Å². The topological polar surface area (TPSA) is 97.9 Å². The van der Waals surface area contributed by atoms with Crippen LogP contribution in [0.5, 0.6) is 0 Å². The number of carbonyl (C=O) groups excluding carboxylic acids is 2. The van der Waals surface area contributed by atoms with Gasteiger partial charge in [0.2, 0.25) is 0 Å². The van der Waals surface area contributed by atoms with Crippen LogP contribution in [0.25, 0.3) is 0 Å². The van der Waals surface area contributed by atoms with Crippen LogP contribution in [0.1, 0.15) is 83.5 Å². The van der Waals surface area contributed by atoms with Crippen LogP contribution in [0.2, 0.25) is 28.2 Å². The van der Waals surface area contributed by atoms with Gasteiger partial charge in [0.05, 0.1) is 40.0 Å². The van der Waals surface area contributed by atoms with E-state index in [0.29, 0.717) is 21.3 Å². The number of Topliss-reactive ketones (excluding diaryl/α,β-unsaturated/α-hetero) is 1. The van der Waals surface area contributed by atoms with E-state index >= 15 is 0 Å². The molecular weight excluding hydrogens is 661 g/mol. The molecule has 256 valence electrons. The molecule has 4 rings (SSSR count). The van der Waals surface area contributed by atoms with Gasteiger partial charge in [0.1, 0.15) is 17.4 Å². The van der Waals surface area contributed by atoms with Crippen LogP contribution in [0, 0.1) is 23.5 Å². The van der Waals surface area contributed by atoms with Crippen molar-refractivity contribution in [2.75, 3.05) is 6.54 Å². The first-order valence-corrected chi connectivity index (χ1v) is 19.9. The first-order chi connectivity index (χ1) is 22.4. The lowest BCUT2D eigenvalue weighted by atomic mass is 9.84. The number of nitrogens with two attached hydrogens (primary N) is 1. The lowest BCUT2D eigenvalue weighted by Gasteiger charge is -2.37. The maximum Gasteiger partial charge on any atom is 0.257 e. The normalized spacial score (nSPS) is 19.8. The van der Waals surface area contributed by atoms with Gasteiger partial charge in [0.15, 0.2) is 8.32 Å². The largest absolute Gasteiger partial charge is 0.408 e. The average Bonchev–Trinajstić information content (AvgIpc) is 3.88. The van der Waals surface area contributed by atoms with Gasteiger partial charge in [-0.25, -0.2) is 8.78 Å². The Kier molecular flexibility index (Phi) is 13.2. The fourth-order valence-corrected chi connectivity index (χ4v) is 9.96. The lowest BCUT2D eigenvalue weighted by molar-refractivity contribution is -0.128. The van der Waals surface area contributed by atoms with Crippen molar-refractivity contribution in [3.05, 3.63) is 75.2 Å². The van der Waals surface area contributed by atoms with Crippen LogP contribution in [-0.4, -0.2) is 48.2 Å². The average molecular weight is 708 g/mol. The van der Waals surface area contributed by atoms with Gasteiger partial charge in [-0.05, 0) is 81.3 Å². The second-order valence-electron chi connectivity index (χ2n) is 12.8. The minimum Gasteiger partial charge on any atom is -0.408 e. The number of aliphatic imine (C=N–C) groups is 1. The molecule has 1 amide bonds. The predicted octanol–water partition coefficient (Wildman–Crippen LogP) is 8.60. The molecule has 1 unspecified atom stereocenters. The van der Waals surface area contributed by atoms with E-state index in [4.69, 9.17) is 38.4 Å². The van der Waals surface area contributed by atoms with Gasteiger partial charge in [-0.2, -0.15) is 0 Å². The molecule has 1 atom stereocenters. The van der Waals surface area contributed by atoms with Gasteiger partial charge in [-0.15, -0.1) is 0 Å². The van der Waals surface area contributed by atoms with Gasteiger partial charge in [-0.1, -0.05) is 44.0 Å². The molecule has 47 heavy (non-hydrogen) atoms. The van der Waals surface area contributed by atoms with Gasteiger partial charge < -0.3 is 15.1 Å². The smallest absolute Gasteiger partial charge is 0.257 e. The molecule has 2 aliphatic carbocycles. The maximum atomic E-state index is 14.7. The quantitative estimate of drug-likeness (QED) is 0.114. The predicted molar refractivity (Wildman–Crippen MR) is 186 cm³/mol. The number of aromatic nitrogens is 1. The highest BCUT2D eigenvalue weighted by molar-refractivity contribution is 6.73. The number of rotatable bonds is 15. The first kappa shape index (κ1) is 37.2. The van der Waals surface area contributed by atoms with E-state index in [1.807, 2.05) is 0 Å². The lowest BCUT2D eigenvalue weighted by Crippen LogP contribution is -2.43. The number of halogens is 4. The Morgan fingerprint density at radius 1 is 1.00 bits per heavy atom. The fraction of sp³-hybridized carbons (Fsp3) is 0.543. The molecule has 2 aliphatic rings. The summed E-state index contributed by atoms with van der Waals surface area (Å²) < 4.78 is 35.8. The third-order valence-electron chi connectivity index (χ3n) is 9.74. The number of ketones is 1. The van der Waals surface area contributed by atoms with Crippen molar-refractivity contribution >= 4 is 48.9 Å². The van der Waals surface area contributed by atoms with Crippen molar-refractivity contribution in [1.29, 1.82) is 0 Å². The molecule has 7 nitrogen and oxygen atoms in total. The van der Waals surface area contributed by atoms with Crippen LogP contribution in [0.3, 0.4) is 0 Å². The molecule has 0 radical (unpaired) electrons. The highest BCUT2D eigenvalue weighted by Gasteiger charge is 2.39. The minimum absolute atomic E-state index is 0.00578. The third kappa shape index (κ3) is 9.49. The molecule has 0 aliphatic heterocycles. The Hall–Kier alpha value is -2.66. The summed E-state index contributed by atoms with van der Waals surface area (Å²) in [6, 6.07) is 5.69. The van der Waals surface area contributed by atoms with Crippen molar-refractivity contribution in [3.63, 3.8) is 0 Å². The second-order valence-corrected chi connectivity index (χ2v) is 18.4. The van der Waals surface area contributed by atoms with Crippen molar-refractivity contribution in [2.45, 2.75) is 103 Å². The fourth-order valence-electron chi connectivity index (χ4n) is 6.56. The number of benzene rings is 1. The van der Waals surface area contributed by atoms with E-state index < -0.39 is 32.0 Å². The summed E-state index contributed by atoms with van der Waals surface area (Å²) in [6.45, 7) is 7.81. The number of pyridine rings is 1. The summed E-state index contributed by atoms with van der Waals surface area (Å²) in [5, 5.41) is 0.600. The SMILES string of the molecule is CC[Si](CC)(CC)OC(CN(Cc1cc(F)cc(F)c1)C(=O)C(=CN)C(=NC1CCC(C(C)=O)CC1)C1CC1)c1c(Cl)cncc1Cl. The summed E-state index contributed by atoms with van der Waals surface area (Å²) in [7, 11) is -2.31. The number of hydrogen-bond acceptors (Lipinski definition) is 6. The molecule has 1 aromatic carbocycles. The van der Waals surface area contributed by atoms with Crippen LogP contribution in [-0.2, 0) is 20.6 Å². The number of hydrogen-bond donors (Lipinski definition) is 1. The molecule has 0 saturated heterocycles. The number of amides is 1. The summed E-state index contributed by atoms with van der Waals surface area (Å²) >= 11 is 13.4. The van der Waals surface area contributed by atoms with E-state index in [1.165, 1.54) is 35.6 Å². The van der Waals surface area contributed by atoms with E-state index in [-0.39, 0.29) is 47.9 Å². The molecule has 2 N–H and O–H groups in total. The van der Waals surface area contributed by atoms with Crippen molar-refractivity contribution < 1.29 is 22.8 Å². The van der Waals surface area contributed by atoms with Crippen LogP contribution >= 0.6 is 23.2 Å². The summed E-state index contributed by atoms with van der Waals surface area (Å²) in [4.78, 5) is 37.3. The molecule has 1 aromatic heterocycles. The van der Waals surface area contributed by atoms with E-state index in [2.05, 4.69) is 25.8 Å². The second kappa shape index (κ2) is 16.6. The Bertz CT molecular complexity index is 1440. The minimum atomic E-state index is -2.31. The summed E-state index contributed by atoms with van der Waals surface area (Å²) in [6.07, 6.45) is 8.34. The van der Waals surface area contributed by atoms with Crippen LogP contribution in [0.15, 0.2) is 47.4 Å². The molecule has 2 fully saturated rings. The molecule has 12 heteroatoms. The molecule has 0 spiro atoms. The highest BCUT2D eigenvalue weighted by Crippen LogP contribution is 2.39. The van der Waals surface area contributed by atoms with Gasteiger partial charge in [-0.3, -0.25) is 19.6 Å². The van der Waals surface area contributed by atoms with E-state index in [1.54, 1.807) is 6.92 Å². The molecule has 2 saturated carbocycles. The first-order valence-electron chi connectivity index (χ1n) is 16.6. The maximum absolute atomic E-state index is 14.7. The number of nitrogens with zero attached hydrogens (tertiary/aromatic N) is 3. The summed E-state index contributed by atoms with van der Waals surface area (Å²) in [5.41, 5.74) is 7.90. The Morgan fingerprint density at radius 3 is 2.04 bits per heavy atom.